The molecule has 0 amide bonds. The molecule has 1 aromatic heterocycles. The molecule has 1 aromatic carbocycles. The van der Waals surface area contributed by atoms with Crippen LogP contribution in [0.2, 0.25) is 0 Å². The molecule has 0 aliphatic rings. The molecule has 0 saturated carbocycles. The molecular weight excluding hydrogens is 338 g/mol. The summed E-state index contributed by atoms with van der Waals surface area (Å²) in [5, 5.41) is 0. The van der Waals surface area contributed by atoms with Gasteiger partial charge in [0, 0.05) is 31.4 Å². The number of benzene rings is 1. The number of nitrogens with zero attached hydrogens (tertiary/aromatic N) is 3. The molecule has 24 heavy (non-hydrogen) atoms. The molecule has 9 heteroatoms. The molecule has 6 nitrogen and oxygen atoms in total. The molecule has 0 aliphatic carbocycles. The Morgan fingerprint density at radius 1 is 1.17 bits per heavy atom. The molecule has 0 radical (unpaired) electrons. The van der Waals surface area contributed by atoms with E-state index in [1.54, 1.807) is 17.9 Å². The SMILES string of the molecule is Cc1cc(N(C)C)nc(CNS(=O)(=O)Cc2cc(F)ccc2F)n1. The first-order chi connectivity index (χ1) is 11.2. The molecule has 0 aliphatic heterocycles. The number of sulfonamides is 1. The molecule has 0 bridgehead atoms. The van der Waals surface area contributed by atoms with Gasteiger partial charge in [0.15, 0.2) is 0 Å². The van der Waals surface area contributed by atoms with Crippen molar-refractivity contribution in [2.24, 2.45) is 0 Å². The maximum Gasteiger partial charge on any atom is 0.216 e. The third-order valence-electron chi connectivity index (χ3n) is 3.15. The normalized spacial score (nSPS) is 11.5. The van der Waals surface area contributed by atoms with Crippen LogP contribution in [-0.2, 0) is 22.3 Å². The average Bonchev–Trinajstić information content (AvgIpc) is 2.48. The molecular formula is C15H18F2N4O2S. The molecule has 130 valence electrons. The maximum atomic E-state index is 13.6. The van der Waals surface area contributed by atoms with Crippen molar-refractivity contribution in [2.75, 3.05) is 19.0 Å². The topological polar surface area (TPSA) is 75.2 Å². The number of rotatable bonds is 6. The first kappa shape index (κ1) is 18.2. The molecule has 0 unspecified atom stereocenters. The van der Waals surface area contributed by atoms with Crippen LogP contribution in [0.1, 0.15) is 17.1 Å². The molecule has 2 rings (SSSR count). The van der Waals surface area contributed by atoms with Gasteiger partial charge in [-0.2, -0.15) is 0 Å². The van der Waals surface area contributed by atoms with Crippen LogP contribution in [0.4, 0.5) is 14.6 Å². The predicted octanol–water partition coefficient (Wildman–Crippen LogP) is 1.75. The Hall–Kier alpha value is -2.13. The van der Waals surface area contributed by atoms with Crippen LogP contribution in [0.5, 0.6) is 0 Å². The Labute approximate surface area is 139 Å². The fourth-order valence-corrected chi connectivity index (χ4v) is 3.09. The molecule has 1 heterocycles. The minimum atomic E-state index is -3.87. The highest BCUT2D eigenvalue weighted by Gasteiger charge is 2.16. The van der Waals surface area contributed by atoms with Gasteiger partial charge in [-0.3, -0.25) is 0 Å². The van der Waals surface area contributed by atoms with Crippen LogP contribution in [0.15, 0.2) is 24.3 Å². The van der Waals surface area contributed by atoms with E-state index in [0.29, 0.717) is 17.3 Å². The second-order valence-electron chi connectivity index (χ2n) is 5.49. The first-order valence-electron chi connectivity index (χ1n) is 7.09. The van der Waals surface area contributed by atoms with Gasteiger partial charge < -0.3 is 4.90 Å². The summed E-state index contributed by atoms with van der Waals surface area (Å²) in [5.41, 5.74) is 0.459. The van der Waals surface area contributed by atoms with Crippen molar-refractivity contribution in [1.82, 2.24) is 14.7 Å². The minimum absolute atomic E-state index is 0.137. The highest BCUT2D eigenvalue weighted by atomic mass is 32.2. The van der Waals surface area contributed by atoms with E-state index in [0.717, 1.165) is 18.2 Å². The summed E-state index contributed by atoms with van der Waals surface area (Å²) < 4.78 is 53.2. The van der Waals surface area contributed by atoms with Crippen molar-refractivity contribution in [3.8, 4) is 0 Å². The van der Waals surface area contributed by atoms with Crippen LogP contribution in [-0.4, -0.2) is 32.5 Å². The van der Waals surface area contributed by atoms with Gasteiger partial charge >= 0.3 is 0 Å². The van der Waals surface area contributed by atoms with Crippen LogP contribution in [0.25, 0.3) is 0 Å². The van der Waals surface area contributed by atoms with E-state index in [9.17, 15) is 17.2 Å². The number of aromatic nitrogens is 2. The first-order valence-corrected chi connectivity index (χ1v) is 8.74. The number of hydrogen-bond acceptors (Lipinski definition) is 5. The van der Waals surface area contributed by atoms with E-state index in [2.05, 4.69) is 14.7 Å². The number of anilines is 1. The average molecular weight is 356 g/mol. The van der Waals surface area contributed by atoms with Crippen molar-refractivity contribution in [3.05, 3.63) is 53.0 Å². The smallest absolute Gasteiger partial charge is 0.216 e. The Bertz CT molecular complexity index is 841. The number of halogens is 2. The molecule has 0 saturated heterocycles. The Morgan fingerprint density at radius 2 is 1.88 bits per heavy atom. The lowest BCUT2D eigenvalue weighted by Gasteiger charge is -2.13. The summed E-state index contributed by atoms with van der Waals surface area (Å²) in [6.07, 6.45) is 0. The predicted molar refractivity (Wildman–Crippen MR) is 86.9 cm³/mol. The van der Waals surface area contributed by atoms with Gasteiger partial charge in [0.2, 0.25) is 10.0 Å². The zero-order chi connectivity index (χ0) is 17.9. The van der Waals surface area contributed by atoms with E-state index in [1.165, 1.54) is 0 Å². The minimum Gasteiger partial charge on any atom is -0.363 e. The van der Waals surface area contributed by atoms with Gasteiger partial charge in [-0.15, -0.1) is 0 Å². The Balaban J connectivity index is 2.12. The van der Waals surface area contributed by atoms with Crippen LogP contribution in [0.3, 0.4) is 0 Å². The number of aryl methyl sites for hydroxylation is 1. The summed E-state index contributed by atoms with van der Waals surface area (Å²) in [6.45, 7) is 1.64. The Morgan fingerprint density at radius 3 is 2.54 bits per heavy atom. The van der Waals surface area contributed by atoms with Crippen molar-refractivity contribution in [2.45, 2.75) is 19.2 Å². The van der Waals surface area contributed by atoms with Crippen LogP contribution < -0.4 is 9.62 Å². The van der Waals surface area contributed by atoms with E-state index < -0.39 is 27.4 Å². The molecule has 2 aromatic rings. The zero-order valence-electron chi connectivity index (χ0n) is 13.5. The third kappa shape index (κ3) is 4.93. The lowest BCUT2D eigenvalue weighted by molar-refractivity contribution is 0.568. The standard InChI is InChI=1S/C15H18F2N4O2S/c1-10-6-15(21(2)3)20-14(19-10)8-18-24(22,23)9-11-7-12(16)4-5-13(11)17/h4-7,18H,8-9H2,1-3H3. The van der Waals surface area contributed by atoms with Gasteiger partial charge in [-0.1, -0.05) is 0 Å². The number of nitrogens with one attached hydrogen (secondary N) is 1. The maximum absolute atomic E-state index is 13.6. The van der Waals surface area contributed by atoms with Crippen molar-refractivity contribution in [1.29, 1.82) is 0 Å². The van der Waals surface area contributed by atoms with E-state index in [1.807, 2.05) is 14.1 Å². The van der Waals surface area contributed by atoms with Crippen molar-refractivity contribution < 1.29 is 17.2 Å². The lowest BCUT2D eigenvalue weighted by atomic mass is 10.2. The third-order valence-corrected chi connectivity index (χ3v) is 4.42. The van der Waals surface area contributed by atoms with Gasteiger partial charge in [-0.25, -0.2) is 31.9 Å². The second kappa shape index (κ2) is 7.18. The summed E-state index contributed by atoms with van der Waals surface area (Å²) in [7, 11) is -0.252. The van der Waals surface area contributed by atoms with E-state index in [4.69, 9.17) is 0 Å². The summed E-state index contributed by atoms with van der Waals surface area (Å²) in [5.74, 6) is -1.19. The van der Waals surface area contributed by atoms with Gasteiger partial charge in [0.25, 0.3) is 0 Å². The second-order valence-corrected chi connectivity index (χ2v) is 7.30. The summed E-state index contributed by atoms with van der Waals surface area (Å²) in [4.78, 5) is 10.2. The van der Waals surface area contributed by atoms with Crippen molar-refractivity contribution in [3.63, 3.8) is 0 Å². The lowest BCUT2D eigenvalue weighted by Crippen LogP contribution is -2.26. The van der Waals surface area contributed by atoms with Gasteiger partial charge in [-0.05, 0) is 25.1 Å². The van der Waals surface area contributed by atoms with Crippen LogP contribution in [0, 0.1) is 18.6 Å². The van der Waals surface area contributed by atoms with Crippen molar-refractivity contribution >= 4 is 15.8 Å². The quantitative estimate of drug-likeness (QED) is 0.853. The Kier molecular flexibility index (Phi) is 5.45. The largest absolute Gasteiger partial charge is 0.363 e. The van der Waals surface area contributed by atoms with Gasteiger partial charge in [0.05, 0.1) is 12.3 Å². The van der Waals surface area contributed by atoms with Gasteiger partial charge in [0.1, 0.15) is 23.3 Å². The zero-order valence-corrected chi connectivity index (χ0v) is 14.4. The molecule has 0 atom stereocenters. The number of hydrogen-bond donors (Lipinski definition) is 1. The summed E-state index contributed by atoms with van der Waals surface area (Å²) in [6, 6.07) is 4.46. The summed E-state index contributed by atoms with van der Waals surface area (Å²) >= 11 is 0. The fraction of sp³-hybridized carbons (Fsp3) is 0.333. The molecule has 0 spiro atoms. The molecule has 1 N–H and O–H groups in total. The molecule has 0 fully saturated rings. The fourth-order valence-electron chi connectivity index (χ4n) is 2.00. The highest BCUT2D eigenvalue weighted by molar-refractivity contribution is 7.88. The van der Waals surface area contributed by atoms with Crippen LogP contribution >= 0.6 is 0 Å². The van der Waals surface area contributed by atoms with E-state index >= 15 is 0 Å². The highest BCUT2D eigenvalue weighted by Crippen LogP contribution is 2.13. The monoisotopic (exact) mass is 356 g/mol. The van der Waals surface area contributed by atoms with E-state index in [-0.39, 0.29) is 12.1 Å².